The molecular weight excluding hydrogens is 386 g/mol. The zero-order chi connectivity index (χ0) is 21.8. The molecule has 6 heteroatoms. The third kappa shape index (κ3) is 4.79. The highest BCUT2D eigenvalue weighted by Gasteiger charge is 2.19. The number of aryl methyl sites for hydroxylation is 2. The van der Waals surface area contributed by atoms with Crippen molar-refractivity contribution in [2.75, 3.05) is 19.6 Å². The standard InChI is InChI=1S/C25H33N5O/c1-18-10-7-8-14-29(18)15-9-13-26-25(31)23-17-27-30-20(3)22(19(2)28-24(23)30)16-21-11-5-4-6-12-21/h4-6,11-12,17-18H,7-10,13-16H2,1-3H3,(H,26,31)/t18-/m1/s1. The van der Waals surface area contributed by atoms with Crippen molar-refractivity contribution < 1.29 is 4.79 Å². The van der Waals surface area contributed by atoms with Crippen LogP contribution in [-0.2, 0) is 6.42 Å². The Hall–Kier alpha value is -2.73. The van der Waals surface area contributed by atoms with Gasteiger partial charge in [0, 0.05) is 36.9 Å². The first-order valence-corrected chi connectivity index (χ1v) is 11.4. The molecule has 0 saturated carbocycles. The summed E-state index contributed by atoms with van der Waals surface area (Å²) in [7, 11) is 0. The zero-order valence-corrected chi connectivity index (χ0v) is 18.9. The van der Waals surface area contributed by atoms with E-state index in [-0.39, 0.29) is 5.91 Å². The number of benzene rings is 1. The maximum absolute atomic E-state index is 12.8. The third-order valence-electron chi connectivity index (χ3n) is 6.53. The van der Waals surface area contributed by atoms with Gasteiger partial charge in [0.05, 0.1) is 6.20 Å². The van der Waals surface area contributed by atoms with Gasteiger partial charge < -0.3 is 10.2 Å². The predicted molar refractivity (Wildman–Crippen MR) is 124 cm³/mol. The molecule has 4 rings (SSSR count). The summed E-state index contributed by atoms with van der Waals surface area (Å²) >= 11 is 0. The Balaban J connectivity index is 1.43. The quantitative estimate of drug-likeness (QED) is 0.590. The van der Waals surface area contributed by atoms with E-state index in [9.17, 15) is 4.79 Å². The van der Waals surface area contributed by atoms with Gasteiger partial charge in [-0.2, -0.15) is 5.10 Å². The molecule has 1 aromatic carbocycles. The predicted octanol–water partition coefficient (Wildman–Crippen LogP) is 3.93. The number of likely N-dealkylation sites (tertiary alicyclic amines) is 1. The Bertz CT molecular complexity index is 1040. The maximum Gasteiger partial charge on any atom is 0.256 e. The SMILES string of the molecule is Cc1nc2c(C(=O)NCCCN3CCCC[C@H]3C)cnn2c(C)c1Cc1ccccc1. The van der Waals surface area contributed by atoms with Crippen molar-refractivity contribution in [1.29, 1.82) is 0 Å². The van der Waals surface area contributed by atoms with Crippen LogP contribution < -0.4 is 5.32 Å². The molecule has 31 heavy (non-hydrogen) atoms. The van der Waals surface area contributed by atoms with E-state index in [2.05, 4.69) is 41.3 Å². The van der Waals surface area contributed by atoms with Crippen LogP contribution in [0.4, 0.5) is 0 Å². The van der Waals surface area contributed by atoms with Crippen LogP contribution in [0.25, 0.3) is 5.65 Å². The van der Waals surface area contributed by atoms with Gasteiger partial charge in [-0.25, -0.2) is 9.50 Å². The number of piperidine rings is 1. The highest BCUT2D eigenvalue weighted by atomic mass is 16.1. The molecule has 0 spiro atoms. The van der Waals surface area contributed by atoms with E-state index in [1.165, 1.54) is 31.4 Å². The molecule has 1 aliphatic rings. The van der Waals surface area contributed by atoms with Gasteiger partial charge >= 0.3 is 0 Å². The molecule has 3 aromatic rings. The van der Waals surface area contributed by atoms with Crippen LogP contribution in [0.1, 0.15) is 65.5 Å². The lowest BCUT2D eigenvalue weighted by Gasteiger charge is -2.33. The Labute approximate surface area is 184 Å². The fraction of sp³-hybridized carbons (Fsp3) is 0.480. The summed E-state index contributed by atoms with van der Waals surface area (Å²) in [6.07, 6.45) is 7.31. The van der Waals surface area contributed by atoms with Crippen LogP contribution in [0, 0.1) is 13.8 Å². The van der Waals surface area contributed by atoms with Crippen LogP contribution in [0.2, 0.25) is 0 Å². The van der Waals surface area contributed by atoms with Crippen LogP contribution in [0.5, 0.6) is 0 Å². The third-order valence-corrected chi connectivity index (χ3v) is 6.53. The minimum absolute atomic E-state index is 0.0937. The number of nitrogens with one attached hydrogen (secondary N) is 1. The summed E-state index contributed by atoms with van der Waals surface area (Å²) in [4.78, 5) is 20.1. The van der Waals surface area contributed by atoms with Crippen molar-refractivity contribution in [2.24, 2.45) is 0 Å². The Kier molecular flexibility index (Phi) is 6.66. The summed E-state index contributed by atoms with van der Waals surface area (Å²) in [6, 6.07) is 11.0. The molecule has 1 atom stereocenters. The maximum atomic E-state index is 12.8. The number of nitrogens with zero attached hydrogens (tertiary/aromatic N) is 4. The van der Waals surface area contributed by atoms with E-state index in [4.69, 9.17) is 4.98 Å². The summed E-state index contributed by atoms with van der Waals surface area (Å²) in [6.45, 7) is 9.25. The van der Waals surface area contributed by atoms with Crippen LogP contribution in [-0.4, -0.2) is 51.1 Å². The molecule has 3 heterocycles. The second-order valence-corrected chi connectivity index (χ2v) is 8.71. The van der Waals surface area contributed by atoms with E-state index < -0.39 is 0 Å². The van der Waals surface area contributed by atoms with Crippen molar-refractivity contribution in [3.05, 3.63) is 64.6 Å². The number of rotatable bonds is 7. The fourth-order valence-electron chi connectivity index (χ4n) is 4.60. The number of fused-ring (bicyclic) bond motifs is 1. The van der Waals surface area contributed by atoms with Crippen LogP contribution in [0.3, 0.4) is 0 Å². The second-order valence-electron chi connectivity index (χ2n) is 8.71. The minimum Gasteiger partial charge on any atom is -0.352 e. The van der Waals surface area contributed by atoms with Crippen molar-refractivity contribution in [1.82, 2.24) is 24.8 Å². The molecule has 0 aliphatic carbocycles. The van der Waals surface area contributed by atoms with Gasteiger partial charge in [-0.3, -0.25) is 4.79 Å². The van der Waals surface area contributed by atoms with Gasteiger partial charge in [0.1, 0.15) is 5.56 Å². The molecule has 0 radical (unpaired) electrons. The molecule has 1 saturated heterocycles. The summed E-state index contributed by atoms with van der Waals surface area (Å²) < 4.78 is 1.80. The number of carbonyl (C=O) groups excluding carboxylic acids is 1. The molecular formula is C25H33N5O. The van der Waals surface area contributed by atoms with E-state index in [1.807, 2.05) is 25.1 Å². The van der Waals surface area contributed by atoms with Gasteiger partial charge in [0.2, 0.25) is 0 Å². The molecule has 0 bridgehead atoms. The van der Waals surface area contributed by atoms with E-state index in [0.29, 0.717) is 23.8 Å². The molecule has 0 unspecified atom stereocenters. The van der Waals surface area contributed by atoms with Gasteiger partial charge in [-0.1, -0.05) is 36.8 Å². The number of hydrogen-bond acceptors (Lipinski definition) is 4. The van der Waals surface area contributed by atoms with E-state index in [0.717, 1.165) is 36.3 Å². The van der Waals surface area contributed by atoms with E-state index in [1.54, 1.807) is 10.7 Å². The molecule has 164 valence electrons. The largest absolute Gasteiger partial charge is 0.352 e. The first kappa shape index (κ1) is 21.5. The van der Waals surface area contributed by atoms with Gasteiger partial charge in [-0.05, 0) is 57.7 Å². The van der Waals surface area contributed by atoms with Gasteiger partial charge in [0.15, 0.2) is 5.65 Å². The lowest BCUT2D eigenvalue weighted by atomic mass is 10.0. The Morgan fingerprint density at radius 2 is 2.00 bits per heavy atom. The van der Waals surface area contributed by atoms with Crippen molar-refractivity contribution in [3.8, 4) is 0 Å². The van der Waals surface area contributed by atoms with E-state index >= 15 is 0 Å². The minimum atomic E-state index is -0.0937. The molecule has 1 amide bonds. The molecule has 1 aliphatic heterocycles. The Morgan fingerprint density at radius 3 is 2.77 bits per heavy atom. The van der Waals surface area contributed by atoms with Crippen molar-refractivity contribution >= 4 is 11.6 Å². The van der Waals surface area contributed by atoms with Crippen LogP contribution >= 0.6 is 0 Å². The average molecular weight is 420 g/mol. The molecule has 1 fully saturated rings. The fourth-order valence-corrected chi connectivity index (χ4v) is 4.60. The first-order valence-electron chi connectivity index (χ1n) is 11.4. The molecule has 6 nitrogen and oxygen atoms in total. The number of amides is 1. The highest BCUT2D eigenvalue weighted by molar-refractivity contribution is 5.99. The number of hydrogen-bond donors (Lipinski definition) is 1. The topological polar surface area (TPSA) is 62.5 Å². The van der Waals surface area contributed by atoms with Crippen molar-refractivity contribution in [3.63, 3.8) is 0 Å². The summed E-state index contributed by atoms with van der Waals surface area (Å²) in [5.41, 5.74) is 5.55. The highest BCUT2D eigenvalue weighted by Crippen LogP contribution is 2.20. The van der Waals surface area contributed by atoms with Crippen molar-refractivity contribution in [2.45, 2.75) is 58.9 Å². The average Bonchev–Trinajstić information content (AvgIpc) is 3.20. The second kappa shape index (κ2) is 9.60. The first-order chi connectivity index (χ1) is 15.0. The number of aromatic nitrogens is 3. The zero-order valence-electron chi connectivity index (χ0n) is 18.9. The monoisotopic (exact) mass is 419 g/mol. The summed E-state index contributed by atoms with van der Waals surface area (Å²) in [5, 5.41) is 7.55. The van der Waals surface area contributed by atoms with Gasteiger partial charge in [0.25, 0.3) is 5.91 Å². The van der Waals surface area contributed by atoms with Crippen LogP contribution in [0.15, 0.2) is 36.5 Å². The lowest BCUT2D eigenvalue weighted by Crippen LogP contribution is -2.39. The lowest BCUT2D eigenvalue weighted by molar-refractivity contribution is 0.0950. The Morgan fingerprint density at radius 1 is 1.19 bits per heavy atom. The smallest absolute Gasteiger partial charge is 0.256 e. The normalized spacial score (nSPS) is 17.2. The number of carbonyl (C=O) groups is 1. The molecule has 2 aromatic heterocycles. The summed E-state index contributed by atoms with van der Waals surface area (Å²) in [5.74, 6) is -0.0937. The molecule has 1 N–H and O–H groups in total. The van der Waals surface area contributed by atoms with Gasteiger partial charge in [-0.15, -0.1) is 0 Å².